The molecule has 0 atom stereocenters. The Bertz CT molecular complexity index is 875. The number of aryl methyl sites for hydroxylation is 1. The molecule has 1 aromatic heterocycles. The molecule has 0 amide bonds. The standard InChI is InChI=1S/C22H24FN3/c1-15(2)6-7-17(4)24-14-16(3)19-9-11-20(12-10-19)26-22-21(23)13-8-18(5)25-22/h6-14H,1H2,2-5H3,(H,25,26)/b7-6-,16-14+,24-17+. The SMILES string of the molecule is C=C(C)\C=C/C(C)=N/C=C(\C)c1ccc(Nc2nc(C)ccc2F)cc1. The van der Waals surface area contributed by atoms with Gasteiger partial charge < -0.3 is 5.32 Å². The summed E-state index contributed by atoms with van der Waals surface area (Å²) >= 11 is 0. The number of pyridine rings is 1. The van der Waals surface area contributed by atoms with Crippen LogP contribution in [0.1, 0.15) is 32.0 Å². The lowest BCUT2D eigenvalue weighted by Crippen LogP contribution is -1.98. The van der Waals surface area contributed by atoms with Crippen LogP contribution < -0.4 is 5.32 Å². The van der Waals surface area contributed by atoms with Gasteiger partial charge in [0.15, 0.2) is 11.6 Å². The quantitative estimate of drug-likeness (QED) is 0.496. The minimum absolute atomic E-state index is 0.231. The van der Waals surface area contributed by atoms with Crippen LogP contribution in [0.5, 0.6) is 0 Å². The van der Waals surface area contributed by atoms with Crippen LogP contribution in [-0.4, -0.2) is 10.7 Å². The molecule has 0 bridgehead atoms. The molecule has 0 fully saturated rings. The molecule has 0 aliphatic rings. The van der Waals surface area contributed by atoms with Crippen LogP contribution in [0.2, 0.25) is 0 Å². The second-order valence-electron chi connectivity index (χ2n) is 6.25. The molecule has 2 rings (SSSR count). The maximum absolute atomic E-state index is 13.8. The Morgan fingerprint density at radius 1 is 1.08 bits per heavy atom. The van der Waals surface area contributed by atoms with Crippen molar-refractivity contribution < 1.29 is 4.39 Å². The van der Waals surface area contributed by atoms with Gasteiger partial charge in [-0.25, -0.2) is 9.37 Å². The summed E-state index contributed by atoms with van der Waals surface area (Å²) in [6.45, 7) is 11.5. The molecule has 0 saturated carbocycles. The van der Waals surface area contributed by atoms with E-state index in [-0.39, 0.29) is 11.6 Å². The Balaban J connectivity index is 2.11. The highest BCUT2D eigenvalue weighted by Crippen LogP contribution is 2.21. The molecular formula is C22H24FN3. The summed E-state index contributed by atoms with van der Waals surface area (Å²) in [4.78, 5) is 8.61. The van der Waals surface area contributed by atoms with Crippen LogP contribution in [0.4, 0.5) is 15.9 Å². The van der Waals surface area contributed by atoms with Crippen molar-refractivity contribution in [3.8, 4) is 0 Å². The molecule has 3 nitrogen and oxygen atoms in total. The second-order valence-corrected chi connectivity index (χ2v) is 6.25. The van der Waals surface area contributed by atoms with Crippen molar-refractivity contribution in [3.05, 3.63) is 84.0 Å². The molecule has 0 spiro atoms. The number of hydrogen-bond donors (Lipinski definition) is 1. The van der Waals surface area contributed by atoms with Gasteiger partial charge in [0.2, 0.25) is 0 Å². The number of hydrogen-bond acceptors (Lipinski definition) is 3. The molecule has 1 aromatic carbocycles. The molecule has 1 N–H and O–H groups in total. The molecule has 4 heteroatoms. The molecule has 0 saturated heterocycles. The van der Waals surface area contributed by atoms with Crippen LogP contribution >= 0.6 is 0 Å². The fourth-order valence-electron chi connectivity index (χ4n) is 2.16. The number of anilines is 2. The normalized spacial score (nSPS) is 12.5. The molecular weight excluding hydrogens is 325 g/mol. The Morgan fingerprint density at radius 3 is 2.42 bits per heavy atom. The van der Waals surface area contributed by atoms with E-state index in [1.165, 1.54) is 6.07 Å². The Kier molecular flexibility index (Phi) is 6.61. The van der Waals surface area contributed by atoms with E-state index in [0.29, 0.717) is 0 Å². The van der Waals surface area contributed by atoms with Gasteiger partial charge in [0.1, 0.15) is 0 Å². The van der Waals surface area contributed by atoms with E-state index in [9.17, 15) is 4.39 Å². The molecule has 1 heterocycles. The highest BCUT2D eigenvalue weighted by atomic mass is 19.1. The summed E-state index contributed by atoms with van der Waals surface area (Å²) in [6.07, 6.45) is 5.70. The smallest absolute Gasteiger partial charge is 0.166 e. The largest absolute Gasteiger partial charge is 0.338 e. The van der Waals surface area contributed by atoms with Gasteiger partial charge in [-0.1, -0.05) is 30.4 Å². The van der Waals surface area contributed by atoms with E-state index >= 15 is 0 Å². The van der Waals surface area contributed by atoms with Gasteiger partial charge in [-0.2, -0.15) is 0 Å². The first-order valence-corrected chi connectivity index (χ1v) is 8.40. The van der Waals surface area contributed by atoms with E-state index in [4.69, 9.17) is 0 Å². The van der Waals surface area contributed by atoms with Gasteiger partial charge in [0, 0.05) is 23.3 Å². The summed E-state index contributed by atoms with van der Waals surface area (Å²) in [5.74, 6) is -0.141. The summed E-state index contributed by atoms with van der Waals surface area (Å²) in [5, 5.41) is 3.01. The Labute approximate surface area is 154 Å². The van der Waals surface area contributed by atoms with Gasteiger partial charge in [0.05, 0.1) is 0 Å². The zero-order valence-corrected chi connectivity index (χ0v) is 15.7. The molecule has 134 valence electrons. The van der Waals surface area contributed by atoms with Crippen LogP contribution in [0.3, 0.4) is 0 Å². The number of aliphatic imine (C=N–C) groups is 1. The number of aromatic nitrogens is 1. The monoisotopic (exact) mass is 349 g/mol. The van der Waals surface area contributed by atoms with Crippen LogP contribution in [0.25, 0.3) is 5.57 Å². The van der Waals surface area contributed by atoms with Crippen molar-refractivity contribution >= 4 is 22.8 Å². The molecule has 26 heavy (non-hydrogen) atoms. The highest BCUT2D eigenvalue weighted by Gasteiger charge is 2.04. The van der Waals surface area contributed by atoms with Crippen LogP contribution in [-0.2, 0) is 0 Å². The highest BCUT2D eigenvalue weighted by molar-refractivity contribution is 5.94. The van der Waals surface area contributed by atoms with Gasteiger partial charge in [-0.3, -0.25) is 4.99 Å². The Hall–Kier alpha value is -3.01. The van der Waals surface area contributed by atoms with E-state index in [0.717, 1.165) is 33.8 Å². The maximum Gasteiger partial charge on any atom is 0.166 e. The number of nitrogens with zero attached hydrogens (tertiary/aromatic N) is 2. The third-order valence-corrected chi connectivity index (χ3v) is 3.66. The van der Waals surface area contributed by atoms with E-state index in [1.807, 2.05) is 70.3 Å². The fraction of sp³-hybridized carbons (Fsp3) is 0.182. The van der Waals surface area contributed by atoms with Crippen LogP contribution in [0.15, 0.2) is 71.9 Å². The third-order valence-electron chi connectivity index (χ3n) is 3.66. The summed E-state index contributed by atoms with van der Waals surface area (Å²) in [5.41, 5.74) is 5.53. The van der Waals surface area contributed by atoms with Crippen molar-refractivity contribution in [2.45, 2.75) is 27.7 Å². The predicted octanol–water partition coefficient (Wildman–Crippen LogP) is 6.23. The maximum atomic E-state index is 13.8. The average molecular weight is 349 g/mol. The summed E-state index contributed by atoms with van der Waals surface area (Å²) in [6, 6.07) is 10.8. The van der Waals surface area contributed by atoms with Gasteiger partial charge in [0.25, 0.3) is 0 Å². The second kappa shape index (κ2) is 8.90. The fourth-order valence-corrected chi connectivity index (χ4v) is 2.16. The van der Waals surface area contributed by atoms with Gasteiger partial charge >= 0.3 is 0 Å². The zero-order chi connectivity index (χ0) is 19.1. The van der Waals surface area contributed by atoms with Gasteiger partial charge in [-0.15, -0.1) is 0 Å². The van der Waals surface area contributed by atoms with Crippen LogP contribution in [0, 0.1) is 12.7 Å². The lowest BCUT2D eigenvalue weighted by molar-refractivity contribution is 0.625. The average Bonchev–Trinajstić information content (AvgIpc) is 2.61. The first-order chi connectivity index (χ1) is 12.3. The topological polar surface area (TPSA) is 37.3 Å². The zero-order valence-electron chi connectivity index (χ0n) is 15.7. The minimum Gasteiger partial charge on any atom is -0.338 e. The van der Waals surface area contributed by atoms with E-state index < -0.39 is 0 Å². The third kappa shape index (κ3) is 5.81. The number of benzene rings is 1. The number of halogens is 1. The van der Waals surface area contributed by atoms with Crippen molar-refractivity contribution in [2.24, 2.45) is 4.99 Å². The lowest BCUT2D eigenvalue weighted by Gasteiger charge is -2.08. The minimum atomic E-state index is -0.372. The van der Waals surface area contributed by atoms with E-state index in [1.54, 1.807) is 6.07 Å². The van der Waals surface area contributed by atoms with Crippen molar-refractivity contribution in [1.29, 1.82) is 0 Å². The lowest BCUT2D eigenvalue weighted by atomic mass is 10.1. The van der Waals surface area contributed by atoms with E-state index in [2.05, 4.69) is 21.9 Å². The van der Waals surface area contributed by atoms with Gasteiger partial charge in [-0.05, 0) is 69.2 Å². The number of rotatable bonds is 6. The van der Waals surface area contributed by atoms with Crippen molar-refractivity contribution in [2.75, 3.05) is 5.32 Å². The number of allylic oxidation sites excluding steroid dienone is 4. The molecule has 0 radical (unpaired) electrons. The van der Waals surface area contributed by atoms with Crippen molar-refractivity contribution in [3.63, 3.8) is 0 Å². The van der Waals surface area contributed by atoms with Crippen molar-refractivity contribution in [1.82, 2.24) is 4.98 Å². The first kappa shape index (κ1) is 19.3. The Morgan fingerprint density at radius 2 is 1.77 bits per heavy atom. The molecule has 0 aliphatic carbocycles. The molecule has 0 unspecified atom stereocenters. The predicted molar refractivity (Wildman–Crippen MR) is 109 cm³/mol. The molecule has 2 aromatic rings. The first-order valence-electron chi connectivity index (χ1n) is 8.40. The molecule has 0 aliphatic heterocycles. The summed E-state index contributed by atoms with van der Waals surface area (Å²) < 4.78 is 13.8. The summed E-state index contributed by atoms with van der Waals surface area (Å²) in [7, 11) is 0. The number of nitrogens with one attached hydrogen (secondary N) is 1.